The number of nitrogens with zero attached hydrogens (tertiary/aromatic N) is 2. The summed E-state index contributed by atoms with van der Waals surface area (Å²) in [6.45, 7) is 2.26. The average molecular weight is 348 g/mol. The van der Waals surface area contributed by atoms with E-state index in [9.17, 15) is 14.4 Å². The van der Waals surface area contributed by atoms with Gasteiger partial charge in [-0.05, 0) is 24.6 Å². The number of aromatic nitrogens is 3. The summed E-state index contributed by atoms with van der Waals surface area (Å²) in [6.07, 6.45) is 1.79. The zero-order chi connectivity index (χ0) is 17.4. The number of anilines is 1. The van der Waals surface area contributed by atoms with Crippen molar-refractivity contribution in [2.24, 2.45) is 0 Å². The second-order valence-electron chi connectivity index (χ2n) is 4.69. The Morgan fingerprint density at radius 2 is 2.21 bits per heavy atom. The maximum Gasteiger partial charge on any atom is 0.338 e. The Morgan fingerprint density at radius 3 is 2.96 bits per heavy atom. The van der Waals surface area contributed by atoms with Crippen LogP contribution in [0.5, 0.6) is 0 Å². The molecule has 1 amide bonds. The van der Waals surface area contributed by atoms with Crippen LogP contribution in [-0.4, -0.2) is 39.4 Å². The molecule has 0 saturated heterocycles. The molecule has 0 aliphatic carbocycles. The summed E-state index contributed by atoms with van der Waals surface area (Å²) in [5.41, 5.74) is 0.470. The number of hydrogen-bond donors (Lipinski definition) is 2. The molecule has 0 atom stereocenters. The normalized spacial score (nSPS) is 10.2. The van der Waals surface area contributed by atoms with Crippen molar-refractivity contribution in [1.82, 2.24) is 15.2 Å². The first-order chi connectivity index (χ1) is 11.6. The molecule has 126 valence electrons. The minimum Gasteiger partial charge on any atom is -0.462 e. The molecular formula is C15H16N4O4S. The van der Waals surface area contributed by atoms with Crippen molar-refractivity contribution < 1.29 is 14.3 Å². The van der Waals surface area contributed by atoms with Gasteiger partial charge in [0.1, 0.15) is 6.20 Å². The lowest BCUT2D eigenvalue weighted by atomic mass is 10.2. The van der Waals surface area contributed by atoms with Crippen LogP contribution >= 0.6 is 11.8 Å². The third-order valence-corrected chi connectivity index (χ3v) is 3.58. The van der Waals surface area contributed by atoms with E-state index >= 15 is 0 Å². The molecule has 0 bridgehead atoms. The fourth-order valence-electron chi connectivity index (χ4n) is 1.69. The molecule has 2 rings (SSSR count). The van der Waals surface area contributed by atoms with Crippen LogP contribution in [0.15, 0.2) is 40.4 Å². The van der Waals surface area contributed by atoms with Crippen molar-refractivity contribution in [3.63, 3.8) is 0 Å². The molecule has 1 heterocycles. The second kappa shape index (κ2) is 8.82. The number of carbonyl (C=O) groups is 2. The van der Waals surface area contributed by atoms with Crippen LogP contribution < -0.4 is 10.9 Å². The first kappa shape index (κ1) is 17.7. The van der Waals surface area contributed by atoms with E-state index in [1.54, 1.807) is 24.3 Å². The summed E-state index contributed by atoms with van der Waals surface area (Å²) < 4.78 is 5.05. The topological polar surface area (TPSA) is 114 Å². The van der Waals surface area contributed by atoms with Crippen molar-refractivity contribution in [3.8, 4) is 0 Å². The maximum absolute atomic E-state index is 11.9. The molecule has 8 nitrogen and oxygen atoms in total. The summed E-state index contributed by atoms with van der Waals surface area (Å²) in [5.74, 6) is -0.691. The lowest BCUT2D eigenvalue weighted by Crippen LogP contribution is -2.16. The number of rotatable bonds is 7. The van der Waals surface area contributed by atoms with Crippen molar-refractivity contribution >= 4 is 29.3 Å². The molecule has 0 radical (unpaired) electrons. The number of ether oxygens (including phenoxy) is 1. The number of carbonyl (C=O) groups excluding carboxylic acids is 2. The molecule has 9 heteroatoms. The van der Waals surface area contributed by atoms with Crippen LogP contribution in [0.4, 0.5) is 5.69 Å². The van der Waals surface area contributed by atoms with Gasteiger partial charge in [-0.25, -0.2) is 4.79 Å². The van der Waals surface area contributed by atoms with Gasteiger partial charge in [0.15, 0.2) is 5.16 Å². The van der Waals surface area contributed by atoms with Crippen LogP contribution in [0.1, 0.15) is 23.7 Å². The Labute approximate surface area is 142 Å². The Morgan fingerprint density at radius 1 is 1.38 bits per heavy atom. The highest BCUT2D eigenvalue weighted by Gasteiger charge is 2.10. The molecule has 0 aliphatic rings. The first-order valence-electron chi connectivity index (χ1n) is 7.20. The monoisotopic (exact) mass is 348 g/mol. The van der Waals surface area contributed by atoms with Crippen molar-refractivity contribution in [2.45, 2.75) is 18.5 Å². The van der Waals surface area contributed by atoms with Crippen LogP contribution in [0, 0.1) is 0 Å². The minimum absolute atomic E-state index is 0.0408. The van der Waals surface area contributed by atoms with Crippen molar-refractivity contribution in [2.75, 3.05) is 17.7 Å². The van der Waals surface area contributed by atoms with E-state index in [0.717, 1.165) is 24.4 Å². The number of aromatic amines is 1. The zero-order valence-electron chi connectivity index (χ0n) is 12.9. The highest BCUT2D eigenvalue weighted by Crippen LogP contribution is 2.14. The van der Waals surface area contributed by atoms with Gasteiger partial charge in [0.2, 0.25) is 5.91 Å². The van der Waals surface area contributed by atoms with Crippen LogP contribution in [0.3, 0.4) is 0 Å². The van der Waals surface area contributed by atoms with Gasteiger partial charge in [0.25, 0.3) is 5.56 Å². The van der Waals surface area contributed by atoms with E-state index in [2.05, 4.69) is 20.5 Å². The van der Waals surface area contributed by atoms with Gasteiger partial charge in [-0.1, -0.05) is 24.8 Å². The van der Waals surface area contributed by atoms with Gasteiger partial charge in [-0.15, -0.1) is 5.10 Å². The van der Waals surface area contributed by atoms with E-state index in [4.69, 9.17) is 4.74 Å². The van der Waals surface area contributed by atoms with Crippen molar-refractivity contribution in [1.29, 1.82) is 0 Å². The van der Waals surface area contributed by atoms with Crippen LogP contribution in [-0.2, 0) is 9.53 Å². The number of benzene rings is 1. The molecular weight excluding hydrogens is 332 g/mol. The smallest absolute Gasteiger partial charge is 0.338 e. The summed E-state index contributed by atoms with van der Waals surface area (Å²) >= 11 is 1.05. The standard InChI is InChI=1S/C15H16N4O4S/c1-2-6-23-14(22)10-4-3-5-11(7-10)17-13(21)9-24-15-18-12(20)8-16-19-15/h3-5,7-8H,2,6,9H2,1H3,(H,17,21)(H,18,19,20). The largest absolute Gasteiger partial charge is 0.462 e. The van der Waals surface area contributed by atoms with Gasteiger partial charge in [0, 0.05) is 5.69 Å². The fraction of sp³-hybridized carbons (Fsp3) is 0.267. The Kier molecular flexibility index (Phi) is 6.50. The zero-order valence-corrected chi connectivity index (χ0v) is 13.8. The molecule has 0 aliphatic heterocycles. The van der Waals surface area contributed by atoms with Gasteiger partial charge < -0.3 is 10.1 Å². The van der Waals surface area contributed by atoms with E-state index in [1.165, 1.54) is 0 Å². The van der Waals surface area contributed by atoms with E-state index < -0.39 is 5.97 Å². The quantitative estimate of drug-likeness (QED) is 0.575. The number of hydrogen-bond acceptors (Lipinski definition) is 7. The number of thioether (sulfide) groups is 1. The maximum atomic E-state index is 11.9. The highest BCUT2D eigenvalue weighted by molar-refractivity contribution is 7.99. The summed E-state index contributed by atoms with van der Waals surface area (Å²) in [7, 11) is 0. The number of esters is 1. The van der Waals surface area contributed by atoms with Crippen LogP contribution in [0.2, 0.25) is 0 Å². The summed E-state index contributed by atoms with van der Waals surface area (Å²) in [5, 5.41) is 10.1. The van der Waals surface area contributed by atoms with Crippen molar-refractivity contribution in [3.05, 3.63) is 46.4 Å². The predicted molar refractivity (Wildman–Crippen MR) is 89.0 cm³/mol. The molecule has 0 fully saturated rings. The molecule has 1 aromatic heterocycles. The van der Waals surface area contributed by atoms with Gasteiger partial charge in [-0.2, -0.15) is 5.10 Å². The Bertz CT molecular complexity index is 778. The molecule has 0 saturated carbocycles. The third kappa shape index (κ3) is 5.51. The fourth-order valence-corrected chi connectivity index (χ4v) is 2.31. The molecule has 0 spiro atoms. The number of amides is 1. The minimum atomic E-state index is -0.431. The molecule has 2 aromatic rings. The van der Waals surface area contributed by atoms with E-state index in [1.807, 2.05) is 6.92 Å². The summed E-state index contributed by atoms with van der Waals surface area (Å²) in [6, 6.07) is 6.49. The Balaban J connectivity index is 1.91. The second-order valence-corrected chi connectivity index (χ2v) is 5.66. The molecule has 2 N–H and O–H groups in total. The number of nitrogens with one attached hydrogen (secondary N) is 2. The van der Waals surface area contributed by atoms with Gasteiger partial charge in [0.05, 0.1) is 17.9 Å². The lowest BCUT2D eigenvalue weighted by Gasteiger charge is -2.07. The number of H-pyrrole nitrogens is 1. The molecule has 0 unspecified atom stereocenters. The Hall–Kier alpha value is -2.68. The van der Waals surface area contributed by atoms with E-state index in [-0.39, 0.29) is 22.4 Å². The summed E-state index contributed by atoms with van der Waals surface area (Å²) in [4.78, 5) is 37.3. The lowest BCUT2D eigenvalue weighted by molar-refractivity contribution is -0.113. The van der Waals surface area contributed by atoms with E-state index in [0.29, 0.717) is 17.9 Å². The van der Waals surface area contributed by atoms with Gasteiger partial charge in [-0.3, -0.25) is 14.6 Å². The highest BCUT2D eigenvalue weighted by atomic mass is 32.2. The third-order valence-electron chi connectivity index (χ3n) is 2.71. The van der Waals surface area contributed by atoms with Crippen LogP contribution in [0.25, 0.3) is 0 Å². The van der Waals surface area contributed by atoms with Gasteiger partial charge >= 0.3 is 5.97 Å². The first-order valence-corrected chi connectivity index (χ1v) is 8.19. The predicted octanol–water partition coefficient (Wildman–Crippen LogP) is 1.46. The molecule has 1 aromatic carbocycles. The SMILES string of the molecule is CCCOC(=O)c1cccc(NC(=O)CSc2nncc(=O)[nH]2)c1. The average Bonchev–Trinajstić information content (AvgIpc) is 2.58. The molecule has 24 heavy (non-hydrogen) atoms.